The maximum absolute atomic E-state index is 5.69. The van der Waals surface area contributed by atoms with Gasteiger partial charge in [0.05, 0.1) is 30.7 Å². The van der Waals surface area contributed by atoms with Crippen LogP contribution in [0.15, 0.2) is 0 Å². The molecule has 0 rings (SSSR count). The Balaban J connectivity index is 4.18. The first-order valence-corrected chi connectivity index (χ1v) is 8.44. The van der Waals surface area contributed by atoms with Crippen LogP contribution in [0.4, 0.5) is 0 Å². The molecule has 0 unspecified atom stereocenters. The van der Waals surface area contributed by atoms with Crippen molar-refractivity contribution < 1.29 is 12.5 Å². The SMILES string of the molecule is CCOS(CCCSC)(OCC)OCC. The number of hydrogen-bond donors (Lipinski definition) is 0. The lowest BCUT2D eigenvalue weighted by Crippen LogP contribution is -2.16. The fourth-order valence-corrected chi connectivity index (χ4v) is 3.95. The molecule has 0 bridgehead atoms. The zero-order chi connectivity index (χ0) is 11.6. The molecule has 0 spiro atoms. The summed E-state index contributed by atoms with van der Waals surface area (Å²) in [5.74, 6) is 2.01. The van der Waals surface area contributed by atoms with E-state index in [0.717, 1.165) is 17.9 Å². The van der Waals surface area contributed by atoms with Crippen LogP contribution in [0.2, 0.25) is 0 Å². The molecule has 0 saturated carbocycles. The second-order valence-electron chi connectivity index (χ2n) is 2.83. The molecular weight excluding hydrogens is 232 g/mol. The van der Waals surface area contributed by atoms with Crippen molar-refractivity contribution in [1.82, 2.24) is 0 Å². The summed E-state index contributed by atoms with van der Waals surface area (Å²) in [6.45, 7) is 7.88. The predicted molar refractivity (Wildman–Crippen MR) is 70.3 cm³/mol. The van der Waals surface area contributed by atoms with Crippen molar-refractivity contribution >= 4 is 22.6 Å². The molecule has 5 heteroatoms. The average Bonchev–Trinajstić information content (AvgIpc) is 2.19. The Hall–Kier alpha value is 0.580. The topological polar surface area (TPSA) is 27.7 Å². The van der Waals surface area contributed by atoms with Crippen LogP contribution in [0.25, 0.3) is 0 Å². The first-order chi connectivity index (χ1) is 7.24. The minimum Gasteiger partial charge on any atom is -0.293 e. The first-order valence-electron chi connectivity index (χ1n) is 5.47. The second kappa shape index (κ2) is 9.78. The van der Waals surface area contributed by atoms with Crippen LogP contribution in [0.1, 0.15) is 27.2 Å². The molecule has 0 aromatic rings. The van der Waals surface area contributed by atoms with Gasteiger partial charge in [-0.15, -0.1) is 0 Å². The maximum atomic E-state index is 5.69. The third-order valence-electron chi connectivity index (χ3n) is 1.64. The van der Waals surface area contributed by atoms with Crippen molar-refractivity contribution in [3.63, 3.8) is 0 Å². The minimum atomic E-state index is -1.73. The monoisotopic (exact) mass is 256 g/mol. The van der Waals surface area contributed by atoms with Crippen molar-refractivity contribution in [3.8, 4) is 0 Å². The van der Waals surface area contributed by atoms with Crippen LogP contribution in [-0.4, -0.2) is 37.6 Å². The Morgan fingerprint density at radius 3 is 1.73 bits per heavy atom. The number of thioether (sulfide) groups is 1. The molecule has 0 heterocycles. The van der Waals surface area contributed by atoms with E-state index in [2.05, 4.69) is 6.26 Å². The third kappa shape index (κ3) is 6.68. The highest BCUT2D eigenvalue weighted by atomic mass is 32.3. The predicted octanol–water partition coefficient (Wildman–Crippen LogP) is 3.40. The van der Waals surface area contributed by atoms with Gasteiger partial charge in [0.25, 0.3) is 0 Å². The zero-order valence-corrected chi connectivity index (χ0v) is 11.9. The molecule has 0 atom stereocenters. The van der Waals surface area contributed by atoms with E-state index >= 15 is 0 Å². The molecule has 0 aromatic heterocycles. The molecule has 0 aromatic carbocycles. The van der Waals surface area contributed by atoms with Gasteiger partial charge in [0.15, 0.2) is 0 Å². The summed E-state index contributed by atoms with van der Waals surface area (Å²) in [7, 11) is -1.73. The van der Waals surface area contributed by atoms with Gasteiger partial charge in [0.1, 0.15) is 0 Å². The van der Waals surface area contributed by atoms with Gasteiger partial charge in [-0.25, -0.2) is 0 Å². The Morgan fingerprint density at radius 1 is 0.933 bits per heavy atom. The highest BCUT2D eigenvalue weighted by molar-refractivity contribution is 8.21. The number of rotatable bonds is 10. The lowest BCUT2D eigenvalue weighted by Gasteiger charge is -2.36. The van der Waals surface area contributed by atoms with Crippen LogP contribution in [0.3, 0.4) is 0 Å². The van der Waals surface area contributed by atoms with Gasteiger partial charge in [-0.05, 0) is 39.2 Å². The van der Waals surface area contributed by atoms with E-state index in [-0.39, 0.29) is 0 Å². The van der Waals surface area contributed by atoms with Crippen molar-refractivity contribution in [1.29, 1.82) is 0 Å². The quantitative estimate of drug-likeness (QED) is 0.560. The molecule has 0 N–H and O–H groups in total. The molecule has 3 nitrogen and oxygen atoms in total. The zero-order valence-electron chi connectivity index (χ0n) is 10.3. The molecule has 0 saturated heterocycles. The van der Waals surface area contributed by atoms with Crippen molar-refractivity contribution in [2.75, 3.05) is 37.6 Å². The van der Waals surface area contributed by atoms with Crippen LogP contribution in [0, 0.1) is 0 Å². The first kappa shape index (κ1) is 15.6. The van der Waals surface area contributed by atoms with Crippen LogP contribution >= 0.6 is 22.6 Å². The second-order valence-corrected chi connectivity index (χ2v) is 6.04. The molecule has 0 aliphatic rings. The molecule has 15 heavy (non-hydrogen) atoms. The van der Waals surface area contributed by atoms with Crippen molar-refractivity contribution in [2.45, 2.75) is 27.2 Å². The van der Waals surface area contributed by atoms with Crippen LogP contribution in [-0.2, 0) is 12.5 Å². The van der Waals surface area contributed by atoms with Crippen molar-refractivity contribution in [2.24, 2.45) is 0 Å². The van der Waals surface area contributed by atoms with Gasteiger partial charge in [-0.2, -0.15) is 11.8 Å². The molecule has 0 fully saturated rings. The van der Waals surface area contributed by atoms with Gasteiger partial charge in [-0.1, -0.05) is 0 Å². The summed E-state index contributed by atoms with van der Waals surface area (Å²) in [4.78, 5) is 0. The van der Waals surface area contributed by atoms with Gasteiger partial charge in [0.2, 0.25) is 0 Å². The smallest absolute Gasteiger partial charge is 0.0887 e. The fraction of sp³-hybridized carbons (Fsp3) is 1.00. The molecule has 0 aliphatic carbocycles. The van der Waals surface area contributed by atoms with E-state index in [4.69, 9.17) is 12.5 Å². The normalized spacial score (nSPS) is 13.1. The number of hydrogen-bond acceptors (Lipinski definition) is 4. The Bertz CT molecular complexity index is 128. The van der Waals surface area contributed by atoms with Crippen molar-refractivity contribution in [3.05, 3.63) is 0 Å². The van der Waals surface area contributed by atoms with E-state index in [9.17, 15) is 0 Å². The lowest BCUT2D eigenvalue weighted by molar-refractivity contribution is 0.185. The fourth-order valence-electron chi connectivity index (χ4n) is 1.20. The highest BCUT2D eigenvalue weighted by Crippen LogP contribution is 2.51. The highest BCUT2D eigenvalue weighted by Gasteiger charge is 2.25. The van der Waals surface area contributed by atoms with Crippen LogP contribution < -0.4 is 0 Å². The Labute approximate surface area is 100 Å². The molecule has 0 amide bonds. The summed E-state index contributed by atoms with van der Waals surface area (Å²) >= 11 is 1.84. The molecular formula is C10H24O3S2. The maximum Gasteiger partial charge on any atom is 0.0887 e. The van der Waals surface area contributed by atoms with Crippen LogP contribution in [0.5, 0.6) is 0 Å². The van der Waals surface area contributed by atoms with E-state index in [0.29, 0.717) is 19.8 Å². The third-order valence-corrected chi connectivity index (χ3v) is 4.91. The molecule has 0 radical (unpaired) electrons. The van der Waals surface area contributed by atoms with Gasteiger partial charge in [0, 0.05) is 5.75 Å². The van der Waals surface area contributed by atoms with E-state index < -0.39 is 10.9 Å². The van der Waals surface area contributed by atoms with Gasteiger partial charge < -0.3 is 0 Å². The summed E-state index contributed by atoms with van der Waals surface area (Å²) in [6, 6.07) is 0. The van der Waals surface area contributed by atoms with E-state index in [1.165, 1.54) is 0 Å². The Morgan fingerprint density at radius 2 is 1.40 bits per heavy atom. The minimum absolute atomic E-state index is 0.647. The molecule has 0 aliphatic heterocycles. The van der Waals surface area contributed by atoms with E-state index in [1.807, 2.05) is 32.5 Å². The Kier molecular flexibility index (Phi) is 10.2. The standard InChI is InChI=1S/C10H24O3S2/c1-5-11-15(12-6-2,13-7-3)10-8-9-14-4/h5-10H2,1-4H3. The summed E-state index contributed by atoms with van der Waals surface area (Å²) in [5.41, 5.74) is 0. The summed E-state index contributed by atoms with van der Waals surface area (Å²) in [6.07, 6.45) is 3.19. The lowest BCUT2D eigenvalue weighted by atomic mass is 10.6. The summed E-state index contributed by atoms with van der Waals surface area (Å²) in [5, 5.41) is 0. The van der Waals surface area contributed by atoms with E-state index in [1.54, 1.807) is 0 Å². The van der Waals surface area contributed by atoms with Gasteiger partial charge in [-0.3, -0.25) is 12.5 Å². The average molecular weight is 256 g/mol. The van der Waals surface area contributed by atoms with Gasteiger partial charge >= 0.3 is 0 Å². The largest absolute Gasteiger partial charge is 0.293 e. The summed E-state index contributed by atoms with van der Waals surface area (Å²) < 4.78 is 17.1. The molecule has 94 valence electrons.